The highest BCUT2D eigenvalue weighted by atomic mass is 16.5. The molecule has 4 aliphatic carbocycles. The molecule has 0 aromatic rings. The van der Waals surface area contributed by atoms with E-state index in [1.807, 2.05) is 6.08 Å². The Morgan fingerprint density at radius 1 is 1.11 bits per heavy atom. The second-order valence-corrected chi connectivity index (χ2v) is 10.7. The molecule has 4 saturated carbocycles. The standard InChI is InChI=1S/C24H38O3/c1-5-11-24(26)14-10-21-19-7-6-17-15-18(27-16(2)25)8-12-22(17,3)20(19)9-13-23(21,24)4/h5,17-21,26H,1,6-15H2,2-4H3/t17-,18?,19?,20?,21?,22?,23?,24-/m0/s1. The van der Waals surface area contributed by atoms with Crippen molar-refractivity contribution in [3.8, 4) is 0 Å². The molecular weight excluding hydrogens is 336 g/mol. The van der Waals surface area contributed by atoms with Crippen molar-refractivity contribution < 1.29 is 14.6 Å². The summed E-state index contributed by atoms with van der Waals surface area (Å²) < 4.78 is 5.58. The fourth-order valence-electron chi connectivity index (χ4n) is 8.24. The second kappa shape index (κ2) is 6.61. The minimum Gasteiger partial charge on any atom is -0.463 e. The Hall–Kier alpha value is -0.830. The highest BCUT2D eigenvalue weighted by Crippen LogP contribution is 2.68. The first kappa shape index (κ1) is 19.5. The second-order valence-electron chi connectivity index (χ2n) is 10.7. The molecule has 4 fully saturated rings. The maximum atomic E-state index is 11.4. The Kier molecular flexibility index (Phi) is 4.77. The number of carbonyl (C=O) groups excluding carboxylic acids is 1. The van der Waals surface area contributed by atoms with Crippen LogP contribution in [0.1, 0.15) is 85.0 Å². The topological polar surface area (TPSA) is 46.5 Å². The first-order valence-electron chi connectivity index (χ1n) is 11.2. The van der Waals surface area contributed by atoms with Gasteiger partial charge >= 0.3 is 5.97 Å². The van der Waals surface area contributed by atoms with Crippen molar-refractivity contribution in [2.24, 2.45) is 34.5 Å². The van der Waals surface area contributed by atoms with Crippen LogP contribution in [-0.2, 0) is 9.53 Å². The van der Waals surface area contributed by atoms with Crippen LogP contribution in [0.4, 0.5) is 0 Å². The van der Waals surface area contributed by atoms with Gasteiger partial charge in [0, 0.05) is 6.92 Å². The number of hydrogen-bond donors (Lipinski definition) is 1. The lowest BCUT2D eigenvalue weighted by atomic mass is 9.44. The Morgan fingerprint density at radius 3 is 2.56 bits per heavy atom. The van der Waals surface area contributed by atoms with Gasteiger partial charge in [0.05, 0.1) is 5.60 Å². The highest BCUT2D eigenvalue weighted by Gasteiger charge is 2.64. The number of carbonyl (C=O) groups is 1. The maximum Gasteiger partial charge on any atom is 0.302 e. The molecule has 0 radical (unpaired) electrons. The third kappa shape index (κ3) is 2.82. The number of esters is 1. The maximum absolute atomic E-state index is 11.4. The van der Waals surface area contributed by atoms with Gasteiger partial charge in [-0.05, 0) is 98.7 Å². The zero-order chi connectivity index (χ0) is 19.4. The summed E-state index contributed by atoms with van der Waals surface area (Å²) in [7, 11) is 0. The lowest BCUT2D eigenvalue weighted by molar-refractivity contribution is -0.168. The van der Waals surface area contributed by atoms with Gasteiger partial charge < -0.3 is 9.84 Å². The van der Waals surface area contributed by atoms with Crippen molar-refractivity contribution in [3.63, 3.8) is 0 Å². The SMILES string of the molecule is C=CC[C@]1(O)CCC2C3CC[C@H]4CC(OC(C)=O)CCC4(C)C3CCC21C. The Labute approximate surface area is 164 Å². The van der Waals surface area contributed by atoms with Gasteiger partial charge in [-0.3, -0.25) is 4.79 Å². The Balaban J connectivity index is 1.54. The Bertz CT molecular complexity index is 615. The number of hydrogen-bond acceptors (Lipinski definition) is 3. The first-order valence-corrected chi connectivity index (χ1v) is 11.2. The zero-order valence-electron chi connectivity index (χ0n) is 17.5. The summed E-state index contributed by atoms with van der Waals surface area (Å²) in [5.41, 5.74) is -0.102. The van der Waals surface area contributed by atoms with Crippen LogP contribution in [0, 0.1) is 34.5 Å². The van der Waals surface area contributed by atoms with E-state index >= 15 is 0 Å². The van der Waals surface area contributed by atoms with Crippen molar-refractivity contribution in [1.29, 1.82) is 0 Å². The lowest BCUT2D eigenvalue weighted by Gasteiger charge is -2.61. The van der Waals surface area contributed by atoms with Crippen LogP contribution in [0.25, 0.3) is 0 Å². The summed E-state index contributed by atoms with van der Waals surface area (Å²) in [5, 5.41) is 11.4. The van der Waals surface area contributed by atoms with Crippen molar-refractivity contribution >= 4 is 5.97 Å². The van der Waals surface area contributed by atoms with E-state index in [9.17, 15) is 9.90 Å². The predicted octanol–water partition coefficient (Wildman–Crippen LogP) is 5.27. The summed E-state index contributed by atoms with van der Waals surface area (Å²) in [4.78, 5) is 11.4. The molecule has 0 amide bonds. The third-order valence-electron chi connectivity index (χ3n) is 9.75. The van der Waals surface area contributed by atoms with Crippen molar-refractivity contribution in [3.05, 3.63) is 12.7 Å². The molecule has 0 spiro atoms. The van der Waals surface area contributed by atoms with Crippen LogP contribution in [0.3, 0.4) is 0 Å². The molecule has 0 aromatic heterocycles. The van der Waals surface area contributed by atoms with Gasteiger partial charge in [-0.15, -0.1) is 6.58 Å². The van der Waals surface area contributed by atoms with Crippen LogP contribution in [-0.4, -0.2) is 22.8 Å². The van der Waals surface area contributed by atoms with E-state index in [0.717, 1.165) is 43.9 Å². The zero-order valence-corrected chi connectivity index (χ0v) is 17.5. The quantitative estimate of drug-likeness (QED) is 0.541. The smallest absolute Gasteiger partial charge is 0.302 e. The number of rotatable bonds is 3. The Morgan fingerprint density at radius 2 is 1.85 bits per heavy atom. The molecule has 3 heteroatoms. The fraction of sp³-hybridized carbons (Fsp3) is 0.875. The highest BCUT2D eigenvalue weighted by molar-refractivity contribution is 5.66. The van der Waals surface area contributed by atoms with E-state index < -0.39 is 5.60 Å². The number of ether oxygens (including phenoxy) is 1. The summed E-state index contributed by atoms with van der Waals surface area (Å²) in [6.45, 7) is 10.4. The third-order valence-corrected chi connectivity index (χ3v) is 9.75. The average molecular weight is 375 g/mol. The summed E-state index contributed by atoms with van der Waals surface area (Å²) in [5.74, 6) is 2.76. The van der Waals surface area contributed by atoms with Crippen LogP contribution in [0.5, 0.6) is 0 Å². The fourth-order valence-corrected chi connectivity index (χ4v) is 8.24. The normalized spacial score (nSPS) is 51.6. The van der Waals surface area contributed by atoms with Crippen LogP contribution in [0.2, 0.25) is 0 Å². The molecule has 0 bridgehead atoms. The molecule has 6 unspecified atom stereocenters. The first-order chi connectivity index (χ1) is 12.7. The molecule has 0 heterocycles. The van der Waals surface area contributed by atoms with Crippen LogP contribution < -0.4 is 0 Å². The molecule has 27 heavy (non-hydrogen) atoms. The molecule has 3 nitrogen and oxygen atoms in total. The molecule has 4 aliphatic rings. The van der Waals surface area contributed by atoms with E-state index in [-0.39, 0.29) is 17.5 Å². The number of fused-ring (bicyclic) bond motifs is 5. The van der Waals surface area contributed by atoms with Crippen molar-refractivity contribution in [2.75, 3.05) is 0 Å². The van der Waals surface area contributed by atoms with E-state index in [2.05, 4.69) is 20.4 Å². The van der Waals surface area contributed by atoms with Crippen LogP contribution in [0.15, 0.2) is 12.7 Å². The van der Waals surface area contributed by atoms with Gasteiger partial charge in [-0.1, -0.05) is 19.9 Å². The molecular formula is C24H38O3. The van der Waals surface area contributed by atoms with Gasteiger partial charge in [-0.2, -0.15) is 0 Å². The summed E-state index contributed by atoms with van der Waals surface area (Å²) in [6.07, 6.45) is 13.2. The molecule has 1 N–H and O–H groups in total. The van der Waals surface area contributed by atoms with Gasteiger partial charge in [0.15, 0.2) is 0 Å². The van der Waals surface area contributed by atoms with Gasteiger partial charge in [-0.25, -0.2) is 0 Å². The van der Waals surface area contributed by atoms with Gasteiger partial charge in [0.25, 0.3) is 0 Å². The van der Waals surface area contributed by atoms with Crippen molar-refractivity contribution in [2.45, 2.75) is 96.7 Å². The predicted molar refractivity (Wildman–Crippen MR) is 107 cm³/mol. The van der Waals surface area contributed by atoms with E-state index in [0.29, 0.717) is 17.3 Å². The molecule has 0 aromatic carbocycles. The van der Waals surface area contributed by atoms with Gasteiger partial charge in [0.2, 0.25) is 0 Å². The summed E-state index contributed by atoms with van der Waals surface area (Å²) in [6, 6.07) is 0. The molecule has 0 aliphatic heterocycles. The molecule has 0 saturated heterocycles. The van der Waals surface area contributed by atoms with Crippen molar-refractivity contribution in [1.82, 2.24) is 0 Å². The van der Waals surface area contributed by atoms with E-state index in [4.69, 9.17) is 4.74 Å². The average Bonchev–Trinajstić information content (AvgIpc) is 2.86. The lowest BCUT2D eigenvalue weighted by Crippen LogP contribution is -2.56. The molecule has 152 valence electrons. The monoisotopic (exact) mass is 374 g/mol. The largest absolute Gasteiger partial charge is 0.463 e. The summed E-state index contributed by atoms with van der Waals surface area (Å²) >= 11 is 0. The van der Waals surface area contributed by atoms with E-state index in [1.54, 1.807) is 0 Å². The van der Waals surface area contributed by atoms with Crippen LogP contribution >= 0.6 is 0 Å². The molecule has 8 atom stereocenters. The van der Waals surface area contributed by atoms with Gasteiger partial charge in [0.1, 0.15) is 6.10 Å². The minimum atomic E-state index is -0.547. The molecule has 4 rings (SSSR count). The minimum absolute atomic E-state index is 0.0560. The van der Waals surface area contributed by atoms with E-state index in [1.165, 1.54) is 39.0 Å². The number of aliphatic hydroxyl groups is 1.